The summed E-state index contributed by atoms with van der Waals surface area (Å²) in [5.74, 6) is 0.598. The van der Waals surface area contributed by atoms with E-state index in [1.165, 1.54) is 4.68 Å². The van der Waals surface area contributed by atoms with E-state index in [0.29, 0.717) is 17.5 Å². The fourth-order valence-electron chi connectivity index (χ4n) is 4.52. The molecule has 2 aromatic carbocycles. The van der Waals surface area contributed by atoms with Crippen LogP contribution in [0.25, 0.3) is 27.6 Å². The summed E-state index contributed by atoms with van der Waals surface area (Å²) in [6.45, 7) is 0. The molecule has 178 valence electrons. The topological polar surface area (TPSA) is 92.7 Å². The number of hydrogen-bond acceptors (Lipinski definition) is 5. The zero-order chi connectivity index (χ0) is 24.5. The molecule has 0 unspecified atom stereocenters. The summed E-state index contributed by atoms with van der Waals surface area (Å²) >= 11 is 1.56. The van der Waals surface area contributed by atoms with E-state index in [2.05, 4.69) is 32.5 Å². The third kappa shape index (κ3) is 4.38. The van der Waals surface area contributed by atoms with E-state index in [4.69, 9.17) is 0 Å². The number of carbonyl (C=O) groups is 1. The van der Waals surface area contributed by atoms with Crippen LogP contribution in [0.4, 0.5) is 5.82 Å². The summed E-state index contributed by atoms with van der Waals surface area (Å²) in [4.78, 5) is 34.1. The van der Waals surface area contributed by atoms with Gasteiger partial charge >= 0.3 is 0 Å². The number of aryl methyl sites for hydroxylation is 1. The van der Waals surface area contributed by atoms with Crippen LogP contribution >= 0.6 is 11.3 Å². The van der Waals surface area contributed by atoms with Crippen molar-refractivity contribution in [1.82, 2.24) is 19.7 Å². The second kappa shape index (κ2) is 9.39. The molecule has 3 heterocycles. The van der Waals surface area contributed by atoms with Gasteiger partial charge in [0.1, 0.15) is 11.5 Å². The molecule has 0 saturated heterocycles. The molecule has 6 rings (SSSR count). The van der Waals surface area contributed by atoms with Crippen LogP contribution in [-0.2, 0) is 24.1 Å². The largest absolute Gasteiger partial charge is 0.310 e. The van der Waals surface area contributed by atoms with E-state index in [0.717, 1.165) is 52.1 Å². The van der Waals surface area contributed by atoms with Crippen molar-refractivity contribution in [1.29, 1.82) is 0 Å². The Morgan fingerprint density at radius 3 is 2.58 bits per heavy atom. The normalized spacial score (nSPS) is 12.4. The lowest BCUT2D eigenvalue weighted by molar-refractivity contribution is -0.115. The zero-order valence-electron chi connectivity index (χ0n) is 19.4. The maximum Gasteiger partial charge on any atom is 0.255 e. The van der Waals surface area contributed by atoms with Crippen molar-refractivity contribution in [2.75, 3.05) is 5.32 Å². The number of benzene rings is 2. The first kappa shape index (κ1) is 22.2. The lowest BCUT2D eigenvalue weighted by atomic mass is 10.0. The number of H-pyrrole nitrogens is 1. The SMILES string of the molecule is O=C(Cc1ccc(-c2ccccc2)cc1)Nc1cc(-c2cccs2)nn1-c1nc2c(c(=O)[nH]1)CCC2. The van der Waals surface area contributed by atoms with E-state index < -0.39 is 0 Å². The average molecular weight is 494 g/mol. The first-order valence-corrected chi connectivity index (χ1v) is 12.7. The maximum atomic E-state index is 13.0. The molecule has 36 heavy (non-hydrogen) atoms. The van der Waals surface area contributed by atoms with Crippen LogP contribution in [0.2, 0.25) is 0 Å². The molecular formula is C28H23N5O2S. The van der Waals surface area contributed by atoms with Crippen molar-refractivity contribution < 1.29 is 4.79 Å². The van der Waals surface area contributed by atoms with Crippen LogP contribution in [0.15, 0.2) is 83.0 Å². The van der Waals surface area contributed by atoms with Gasteiger partial charge in [0.15, 0.2) is 0 Å². The Morgan fingerprint density at radius 1 is 1.00 bits per heavy atom. The molecule has 7 nitrogen and oxygen atoms in total. The van der Waals surface area contributed by atoms with Gasteiger partial charge < -0.3 is 5.32 Å². The van der Waals surface area contributed by atoms with Gasteiger partial charge in [-0.2, -0.15) is 9.78 Å². The summed E-state index contributed by atoms with van der Waals surface area (Å²) < 4.78 is 1.52. The molecule has 1 aliphatic carbocycles. The molecule has 5 aromatic rings. The van der Waals surface area contributed by atoms with Crippen LogP contribution < -0.4 is 10.9 Å². The number of fused-ring (bicyclic) bond motifs is 1. The van der Waals surface area contributed by atoms with Crippen molar-refractivity contribution in [3.63, 3.8) is 0 Å². The Bertz CT molecular complexity index is 1590. The Balaban J connectivity index is 1.27. The number of aromatic nitrogens is 4. The summed E-state index contributed by atoms with van der Waals surface area (Å²) in [7, 11) is 0. The zero-order valence-corrected chi connectivity index (χ0v) is 20.2. The molecule has 0 bridgehead atoms. The monoisotopic (exact) mass is 493 g/mol. The molecule has 0 saturated carbocycles. The summed E-state index contributed by atoms with van der Waals surface area (Å²) in [6.07, 6.45) is 2.64. The van der Waals surface area contributed by atoms with Gasteiger partial charge in [0.25, 0.3) is 5.56 Å². The minimum absolute atomic E-state index is 0.142. The number of anilines is 1. The molecule has 2 N–H and O–H groups in total. The molecule has 8 heteroatoms. The minimum Gasteiger partial charge on any atom is -0.310 e. The van der Waals surface area contributed by atoms with Crippen molar-refractivity contribution in [3.8, 4) is 27.6 Å². The van der Waals surface area contributed by atoms with Gasteiger partial charge in [0.2, 0.25) is 11.9 Å². The number of rotatable bonds is 6. The maximum absolute atomic E-state index is 13.0. The van der Waals surface area contributed by atoms with Gasteiger partial charge in [0.05, 0.1) is 17.0 Å². The molecule has 3 aromatic heterocycles. The molecule has 0 radical (unpaired) electrons. The van der Waals surface area contributed by atoms with Crippen molar-refractivity contribution >= 4 is 23.1 Å². The Kier molecular flexibility index (Phi) is 5.79. The van der Waals surface area contributed by atoms with Crippen LogP contribution in [-0.4, -0.2) is 25.7 Å². The van der Waals surface area contributed by atoms with Crippen LogP contribution in [0.3, 0.4) is 0 Å². The van der Waals surface area contributed by atoms with Crippen molar-refractivity contribution in [3.05, 3.63) is 105 Å². The second-order valence-corrected chi connectivity index (χ2v) is 9.71. The number of carbonyl (C=O) groups excluding carboxylic acids is 1. The van der Waals surface area contributed by atoms with E-state index in [-0.39, 0.29) is 17.9 Å². The number of nitrogens with zero attached hydrogens (tertiary/aromatic N) is 3. The van der Waals surface area contributed by atoms with E-state index in [1.807, 2.05) is 66.0 Å². The molecule has 0 spiro atoms. The molecule has 1 aliphatic rings. The summed E-state index contributed by atoms with van der Waals surface area (Å²) in [5, 5.41) is 9.63. The molecule has 0 atom stereocenters. The summed E-state index contributed by atoms with van der Waals surface area (Å²) in [6, 6.07) is 23.8. The molecule has 1 amide bonds. The Labute approximate surface area is 211 Å². The van der Waals surface area contributed by atoms with Gasteiger partial charge in [-0.15, -0.1) is 11.3 Å². The van der Waals surface area contributed by atoms with Gasteiger partial charge in [-0.1, -0.05) is 60.7 Å². The highest BCUT2D eigenvalue weighted by Gasteiger charge is 2.21. The van der Waals surface area contributed by atoms with Gasteiger partial charge in [-0.3, -0.25) is 14.6 Å². The van der Waals surface area contributed by atoms with Gasteiger partial charge in [0, 0.05) is 11.6 Å². The molecule has 0 fully saturated rings. The highest BCUT2D eigenvalue weighted by Crippen LogP contribution is 2.28. The van der Waals surface area contributed by atoms with Crippen LogP contribution in [0, 0.1) is 0 Å². The molecule has 0 aliphatic heterocycles. The number of aromatic amines is 1. The second-order valence-electron chi connectivity index (χ2n) is 8.76. The molecular weight excluding hydrogens is 470 g/mol. The Hall–Kier alpha value is -4.30. The van der Waals surface area contributed by atoms with E-state index in [1.54, 1.807) is 11.3 Å². The van der Waals surface area contributed by atoms with Crippen LogP contribution in [0.1, 0.15) is 23.2 Å². The third-order valence-corrected chi connectivity index (χ3v) is 7.20. The lowest BCUT2D eigenvalue weighted by Crippen LogP contribution is -2.21. The standard InChI is InChI=1S/C28H23N5O2S/c34-26(16-18-11-13-20(14-12-18)19-6-2-1-3-7-19)30-25-17-23(24-10-5-15-36-24)32-33(25)28-29-22-9-4-8-21(22)27(35)31-28/h1-3,5-7,10-15,17H,4,8-9,16H2,(H,30,34)(H,29,31,35). The lowest BCUT2D eigenvalue weighted by Gasteiger charge is -2.10. The Morgan fingerprint density at radius 2 is 1.81 bits per heavy atom. The number of nitrogens with one attached hydrogen (secondary N) is 2. The van der Waals surface area contributed by atoms with Crippen molar-refractivity contribution in [2.45, 2.75) is 25.7 Å². The summed E-state index contributed by atoms with van der Waals surface area (Å²) in [5.41, 5.74) is 5.25. The number of thiophene rings is 1. The first-order valence-electron chi connectivity index (χ1n) is 11.8. The van der Waals surface area contributed by atoms with Gasteiger partial charge in [-0.05, 0) is 47.4 Å². The van der Waals surface area contributed by atoms with Crippen LogP contribution in [0.5, 0.6) is 0 Å². The highest BCUT2D eigenvalue weighted by atomic mass is 32.1. The quantitative estimate of drug-likeness (QED) is 0.347. The highest BCUT2D eigenvalue weighted by molar-refractivity contribution is 7.13. The van der Waals surface area contributed by atoms with Gasteiger partial charge in [-0.25, -0.2) is 4.98 Å². The van der Waals surface area contributed by atoms with E-state index >= 15 is 0 Å². The minimum atomic E-state index is -0.176. The van der Waals surface area contributed by atoms with E-state index in [9.17, 15) is 9.59 Å². The fourth-order valence-corrected chi connectivity index (χ4v) is 5.20. The predicted molar refractivity (Wildman–Crippen MR) is 142 cm³/mol. The number of amides is 1. The fraction of sp³-hybridized carbons (Fsp3) is 0.143. The third-order valence-electron chi connectivity index (χ3n) is 6.31. The smallest absolute Gasteiger partial charge is 0.255 e. The average Bonchev–Trinajstić information content (AvgIpc) is 3.66. The predicted octanol–water partition coefficient (Wildman–Crippen LogP) is 5.02. The first-order chi connectivity index (χ1) is 17.6. The number of hydrogen-bond donors (Lipinski definition) is 2. The van der Waals surface area contributed by atoms with Crippen molar-refractivity contribution in [2.24, 2.45) is 0 Å².